The van der Waals surface area contributed by atoms with Crippen molar-refractivity contribution in [3.63, 3.8) is 0 Å². The van der Waals surface area contributed by atoms with E-state index in [0.29, 0.717) is 0 Å². The number of carboxylic acids is 2. The molecule has 0 aliphatic rings. The van der Waals surface area contributed by atoms with Gasteiger partial charge in [0.05, 0.1) is 0 Å². The van der Waals surface area contributed by atoms with Gasteiger partial charge in [-0.3, -0.25) is 4.79 Å². The van der Waals surface area contributed by atoms with E-state index in [4.69, 9.17) is 26.2 Å². The van der Waals surface area contributed by atoms with Gasteiger partial charge in [-0.2, -0.15) is 0 Å². The Morgan fingerprint density at radius 3 is 1.87 bits per heavy atom. The fraction of sp³-hybridized carbons (Fsp3) is 0.500. The van der Waals surface area contributed by atoms with Crippen LogP contribution in [0.4, 0.5) is 0 Å². The van der Waals surface area contributed by atoms with Gasteiger partial charge in [0.1, 0.15) is 6.04 Å². The molecule has 9 nitrogen and oxygen atoms in total. The quantitative estimate of drug-likeness (QED) is 0.237. The number of aliphatic carboxylic acids is 2. The summed E-state index contributed by atoms with van der Waals surface area (Å²) >= 11 is 0. The van der Waals surface area contributed by atoms with Gasteiger partial charge in [0.25, 0.3) is 6.29 Å². The molecule has 0 aliphatic heterocycles. The Morgan fingerprint density at radius 1 is 1.07 bits per heavy atom. The van der Waals surface area contributed by atoms with Crippen molar-refractivity contribution in [1.82, 2.24) is 0 Å². The van der Waals surface area contributed by atoms with Crippen molar-refractivity contribution in [3.05, 3.63) is 0 Å². The summed E-state index contributed by atoms with van der Waals surface area (Å²) in [6.45, 7) is 0. The third kappa shape index (κ3) is 3.89. The van der Waals surface area contributed by atoms with Crippen LogP contribution in [0, 0.1) is 0 Å². The topological polar surface area (TPSA) is 167 Å². The fourth-order valence-corrected chi connectivity index (χ4v) is 0.522. The number of aliphatic hydroxyl groups is 2. The van der Waals surface area contributed by atoms with E-state index < -0.39 is 36.3 Å². The standard InChI is InChI=1S/C6H9NO8/c7-1(2(8)3(9)10)5(13)15-6(14)4(11)12/h1-2,6,8,14H,7H2,(H,9,10)(H,11,12)/t1-,2?,6?/m0/s1. The predicted molar refractivity (Wildman–Crippen MR) is 41.4 cm³/mol. The smallest absolute Gasteiger partial charge is 0.373 e. The normalized spacial score (nSPS) is 16.2. The Bertz CT molecular complexity index is 276. The lowest BCUT2D eigenvalue weighted by molar-refractivity contribution is -0.190. The van der Waals surface area contributed by atoms with Crippen LogP contribution in [0.1, 0.15) is 0 Å². The first kappa shape index (κ1) is 13.3. The molecule has 0 radical (unpaired) electrons. The number of esters is 1. The van der Waals surface area contributed by atoms with Crippen LogP contribution >= 0.6 is 0 Å². The summed E-state index contributed by atoms with van der Waals surface area (Å²) in [5, 5.41) is 33.6. The van der Waals surface area contributed by atoms with Crippen molar-refractivity contribution in [2.45, 2.75) is 18.4 Å². The van der Waals surface area contributed by atoms with Gasteiger partial charge in [0.2, 0.25) is 0 Å². The molecule has 0 aromatic heterocycles. The number of aliphatic hydroxyl groups excluding tert-OH is 2. The van der Waals surface area contributed by atoms with E-state index in [1.807, 2.05) is 0 Å². The van der Waals surface area contributed by atoms with E-state index in [9.17, 15) is 14.4 Å². The molecule has 3 atom stereocenters. The Hall–Kier alpha value is -1.71. The number of hydrogen-bond donors (Lipinski definition) is 5. The van der Waals surface area contributed by atoms with Gasteiger partial charge < -0.3 is 30.9 Å². The maximum atomic E-state index is 10.8. The Balaban J connectivity index is 4.34. The van der Waals surface area contributed by atoms with Gasteiger partial charge in [-0.15, -0.1) is 0 Å². The molecule has 0 rings (SSSR count). The lowest BCUT2D eigenvalue weighted by Gasteiger charge is -2.15. The highest BCUT2D eigenvalue weighted by Crippen LogP contribution is 1.97. The first-order valence-corrected chi connectivity index (χ1v) is 3.55. The zero-order valence-corrected chi connectivity index (χ0v) is 7.23. The average Bonchev–Trinajstić information content (AvgIpc) is 2.14. The minimum atomic E-state index is -2.45. The Morgan fingerprint density at radius 2 is 1.53 bits per heavy atom. The van der Waals surface area contributed by atoms with Crippen molar-refractivity contribution in [1.29, 1.82) is 0 Å². The number of ether oxygens (including phenoxy) is 1. The molecular formula is C6H9NO8. The summed E-state index contributed by atoms with van der Waals surface area (Å²) in [6, 6.07) is -1.98. The molecule has 86 valence electrons. The summed E-state index contributed by atoms with van der Waals surface area (Å²) < 4.78 is 3.81. The van der Waals surface area contributed by atoms with Crippen LogP contribution in [-0.4, -0.2) is 56.8 Å². The number of nitrogens with two attached hydrogens (primary N) is 1. The maximum Gasteiger partial charge on any atom is 0.373 e. The Kier molecular flexibility index (Phi) is 4.64. The number of rotatable bonds is 5. The molecule has 0 bridgehead atoms. The number of carbonyl (C=O) groups is 3. The largest absolute Gasteiger partial charge is 0.479 e. The van der Waals surface area contributed by atoms with Gasteiger partial charge in [-0.25, -0.2) is 9.59 Å². The molecule has 0 fully saturated rings. The number of carboxylic acid groups (broad SMARTS) is 2. The van der Waals surface area contributed by atoms with Crippen molar-refractivity contribution in [3.8, 4) is 0 Å². The summed E-state index contributed by atoms with van der Waals surface area (Å²) in [4.78, 5) is 31.0. The summed E-state index contributed by atoms with van der Waals surface area (Å²) in [5.41, 5.74) is 4.90. The second-order valence-corrected chi connectivity index (χ2v) is 2.44. The highest BCUT2D eigenvalue weighted by molar-refractivity contribution is 5.86. The van der Waals surface area contributed by atoms with Crippen molar-refractivity contribution in [2.24, 2.45) is 5.73 Å². The number of hydrogen-bond acceptors (Lipinski definition) is 7. The number of carbonyl (C=O) groups excluding carboxylic acids is 1. The lowest BCUT2D eigenvalue weighted by atomic mass is 10.2. The molecule has 6 N–H and O–H groups in total. The third-order valence-corrected chi connectivity index (χ3v) is 1.30. The van der Waals surface area contributed by atoms with Crippen LogP contribution in [0.15, 0.2) is 0 Å². The SMILES string of the molecule is N[C@H](C(=O)OC(O)C(=O)O)C(O)C(=O)O. The van der Waals surface area contributed by atoms with Gasteiger partial charge in [-0.1, -0.05) is 0 Å². The van der Waals surface area contributed by atoms with Gasteiger partial charge in [0.15, 0.2) is 6.10 Å². The molecule has 2 unspecified atom stereocenters. The van der Waals surface area contributed by atoms with E-state index in [1.165, 1.54) is 0 Å². The van der Waals surface area contributed by atoms with Crippen molar-refractivity contribution in [2.75, 3.05) is 0 Å². The van der Waals surface area contributed by atoms with Gasteiger partial charge in [0, 0.05) is 0 Å². The van der Waals surface area contributed by atoms with Crippen LogP contribution in [0.2, 0.25) is 0 Å². The van der Waals surface area contributed by atoms with Crippen LogP contribution in [-0.2, 0) is 19.1 Å². The second kappa shape index (κ2) is 5.24. The first-order chi connectivity index (χ1) is 6.77. The minimum Gasteiger partial charge on any atom is -0.479 e. The molecule has 0 heterocycles. The summed E-state index contributed by atoms with van der Waals surface area (Å²) in [5.74, 6) is -5.16. The molecule has 0 aromatic rings. The molecule has 0 aromatic carbocycles. The second-order valence-electron chi connectivity index (χ2n) is 2.44. The molecule has 0 saturated carbocycles. The molecular weight excluding hydrogens is 214 g/mol. The van der Waals surface area contributed by atoms with Gasteiger partial charge in [-0.05, 0) is 0 Å². The molecule has 15 heavy (non-hydrogen) atoms. The molecule has 9 heteroatoms. The van der Waals surface area contributed by atoms with E-state index in [2.05, 4.69) is 4.74 Å². The lowest BCUT2D eigenvalue weighted by Crippen LogP contribution is -2.48. The van der Waals surface area contributed by atoms with Crippen LogP contribution in [0.25, 0.3) is 0 Å². The molecule has 0 aliphatic carbocycles. The van der Waals surface area contributed by atoms with E-state index in [1.54, 1.807) is 0 Å². The van der Waals surface area contributed by atoms with E-state index in [-0.39, 0.29) is 0 Å². The Labute approximate surface area is 82.7 Å². The van der Waals surface area contributed by atoms with Gasteiger partial charge >= 0.3 is 17.9 Å². The molecule has 0 spiro atoms. The maximum absolute atomic E-state index is 10.8. The van der Waals surface area contributed by atoms with E-state index in [0.717, 1.165) is 0 Å². The monoisotopic (exact) mass is 223 g/mol. The first-order valence-electron chi connectivity index (χ1n) is 3.55. The summed E-state index contributed by atoms with van der Waals surface area (Å²) in [6.07, 6.45) is -4.69. The highest BCUT2D eigenvalue weighted by atomic mass is 16.7. The fourth-order valence-electron chi connectivity index (χ4n) is 0.522. The molecule has 0 saturated heterocycles. The van der Waals surface area contributed by atoms with Crippen LogP contribution < -0.4 is 5.73 Å². The predicted octanol–water partition coefficient (Wildman–Crippen LogP) is -3.29. The average molecular weight is 223 g/mol. The zero-order valence-electron chi connectivity index (χ0n) is 7.23. The highest BCUT2D eigenvalue weighted by Gasteiger charge is 2.32. The van der Waals surface area contributed by atoms with Crippen molar-refractivity contribution >= 4 is 17.9 Å². The summed E-state index contributed by atoms with van der Waals surface area (Å²) in [7, 11) is 0. The van der Waals surface area contributed by atoms with Crippen LogP contribution in [0.3, 0.4) is 0 Å². The van der Waals surface area contributed by atoms with Crippen LogP contribution in [0.5, 0.6) is 0 Å². The molecule has 0 amide bonds. The zero-order chi connectivity index (χ0) is 12.2. The third-order valence-electron chi connectivity index (χ3n) is 1.30. The minimum absolute atomic E-state index is 1.54. The van der Waals surface area contributed by atoms with E-state index >= 15 is 0 Å². The van der Waals surface area contributed by atoms with Crippen molar-refractivity contribution < 1.29 is 39.5 Å².